The van der Waals surface area contributed by atoms with Crippen molar-refractivity contribution in [2.75, 3.05) is 6.61 Å². The van der Waals surface area contributed by atoms with Crippen molar-refractivity contribution in [1.82, 2.24) is 0 Å². The topological polar surface area (TPSA) is 35.2 Å². The summed E-state index contributed by atoms with van der Waals surface area (Å²) in [5.74, 6) is -0.207. The summed E-state index contributed by atoms with van der Waals surface area (Å²) < 4.78 is 18.9. The van der Waals surface area contributed by atoms with Crippen LogP contribution in [0.3, 0.4) is 0 Å². The van der Waals surface area contributed by atoms with E-state index in [4.69, 9.17) is 10.5 Å². The lowest BCUT2D eigenvalue weighted by Gasteiger charge is -2.27. The van der Waals surface area contributed by atoms with Crippen LogP contribution in [0.15, 0.2) is 18.2 Å². The molecule has 1 aliphatic carbocycles. The van der Waals surface area contributed by atoms with Gasteiger partial charge in [0.1, 0.15) is 5.82 Å². The molecule has 1 fully saturated rings. The molecule has 1 aromatic rings. The van der Waals surface area contributed by atoms with E-state index in [2.05, 4.69) is 0 Å². The third kappa shape index (κ3) is 4.29. The van der Waals surface area contributed by atoms with Gasteiger partial charge in [0.15, 0.2) is 0 Å². The average molecular weight is 265 g/mol. The van der Waals surface area contributed by atoms with Crippen molar-refractivity contribution in [3.63, 3.8) is 0 Å². The van der Waals surface area contributed by atoms with Crippen LogP contribution in [0.5, 0.6) is 0 Å². The largest absolute Gasteiger partial charge is 0.375 e. The van der Waals surface area contributed by atoms with Gasteiger partial charge in [-0.05, 0) is 43.0 Å². The summed E-state index contributed by atoms with van der Waals surface area (Å²) in [6.45, 7) is 2.99. The first kappa shape index (κ1) is 14.5. The first-order chi connectivity index (χ1) is 9.09. The molecule has 0 unspecified atom stereocenters. The van der Waals surface area contributed by atoms with Gasteiger partial charge in [-0.15, -0.1) is 0 Å². The van der Waals surface area contributed by atoms with Crippen molar-refractivity contribution in [3.8, 4) is 0 Å². The fourth-order valence-corrected chi connectivity index (χ4v) is 2.74. The molecule has 106 valence electrons. The molecular weight excluding hydrogens is 241 g/mol. The number of benzene rings is 1. The molecule has 0 aliphatic heterocycles. The van der Waals surface area contributed by atoms with Gasteiger partial charge in [-0.25, -0.2) is 4.39 Å². The fourth-order valence-electron chi connectivity index (χ4n) is 2.74. The molecular formula is C16H24FNO. The van der Waals surface area contributed by atoms with Gasteiger partial charge in [-0.1, -0.05) is 31.7 Å². The Labute approximate surface area is 115 Å². The molecule has 0 radical (unpaired) electrons. The number of ether oxygens (including phenoxy) is 1. The summed E-state index contributed by atoms with van der Waals surface area (Å²) in [5.41, 5.74) is 8.19. The smallest absolute Gasteiger partial charge is 0.123 e. The predicted molar refractivity (Wildman–Crippen MR) is 75.4 cm³/mol. The maximum Gasteiger partial charge on any atom is 0.123 e. The molecule has 0 saturated heterocycles. The summed E-state index contributed by atoms with van der Waals surface area (Å²) in [4.78, 5) is 0. The van der Waals surface area contributed by atoms with E-state index in [0.29, 0.717) is 13.2 Å². The van der Waals surface area contributed by atoms with Crippen molar-refractivity contribution < 1.29 is 9.13 Å². The van der Waals surface area contributed by atoms with E-state index in [0.717, 1.165) is 24.0 Å². The van der Waals surface area contributed by atoms with Crippen molar-refractivity contribution in [3.05, 3.63) is 35.1 Å². The van der Waals surface area contributed by atoms with E-state index in [1.807, 2.05) is 6.92 Å². The molecule has 2 nitrogen and oxygen atoms in total. The molecule has 19 heavy (non-hydrogen) atoms. The molecule has 0 atom stereocenters. The minimum absolute atomic E-state index is 0.183. The highest BCUT2D eigenvalue weighted by Crippen LogP contribution is 2.25. The molecule has 0 heterocycles. The second-order valence-corrected chi connectivity index (χ2v) is 5.84. The lowest BCUT2D eigenvalue weighted by Crippen LogP contribution is -2.43. The molecule has 2 N–H and O–H groups in total. The summed E-state index contributed by atoms with van der Waals surface area (Å²) in [7, 11) is 0. The predicted octanol–water partition coefficient (Wildman–Crippen LogP) is 3.70. The van der Waals surface area contributed by atoms with Crippen LogP contribution in [0.1, 0.15) is 49.7 Å². The lowest BCUT2D eigenvalue weighted by molar-refractivity contribution is 0.0663. The fraction of sp³-hybridized carbons (Fsp3) is 0.625. The van der Waals surface area contributed by atoms with Crippen LogP contribution >= 0.6 is 0 Å². The van der Waals surface area contributed by atoms with Crippen LogP contribution in [0.4, 0.5) is 4.39 Å². The van der Waals surface area contributed by atoms with E-state index < -0.39 is 0 Å². The Bertz CT molecular complexity index is 411. The van der Waals surface area contributed by atoms with Crippen molar-refractivity contribution >= 4 is 0 Å². The molecule has 1 saturated carbocycles. The molecule has 0 spiro atoms. The maximum atomic E-state index is 13.2. The van der Waals surface area contributed by atoms with Gasteiger partial charge in [0.2, 0.25) is 0 Å². The van der Waals surface area contributed by atoms with Crippen LogP contribution < -0.4 is 5.73 Å². The Kier molecular flexibility index (Phi) is 4.94. The SMILES string of the molecule is Cc1ccc(F)cc1COCC1(N)CCCCCC1. The summed E-state index contributed by atoms with van der Waals surface area (Å²) in [6.07, 6.45) is 7.02. The number of halogens is 1. The van der Waals surface area contributed by atoms with Gasteiger partial charge in [0, 0.05) is 5.54 Å². The molecule has 1 aliphatic rings. The molecule has 3 heteroatoms. The molecule has 0 bridgehead atoms. The first-order valence-corrected chi connectivity index (χ1v) is 7.21. The minimum atomic E-state index is -0.207. The highest BCUT2D eigenvalue weighted by atomic mass is 19.1. The summed E-state index contributed by atoms with van der Waals surface area (Å²) in [5, 5.41) is 0. The number of rotatable bonds is 4. The number of hydrogen-bond acceptors (Lipinski definition) is 2. The zero-order valence-corrected chi connectivity index (χ0v) is 11.8. The molecule has 0 aromatic heterocycles. The Morgan fingerprint density at radius 2 is 1.89 bits per heavy atom. The number of aryl methyl sites for hydroxylation is 1. The van der Waals surface area contributed by atoms with Crippen LogP contribution in [0, 0.1) is 12.7 Å². The number of hydrogen-bond donors (Lipinski definition) is 1. The van der Waals surface area contributed by atoms with Gasteiger partial charge >= 0.3 is 0 Å². The maximum absolute atomic E-state index is 13.2. The van der Waals surface area contributed by atoms with Gasteiger partial charge < -0.3 is 10.5 Å². The summed E-state index contributed by atoms with van der Waals surface area (Å²) >= 11 is 0. The molecule has 0 amide bonds. The van der Waals surface area contributed by atoms with E-state index >= 15 is 0 Å². The third-order valence-electron chi connectivity index (χ3n) is 4.06. The van der Waals surface area contributed by atoms with Crippen LogP contribution in [0.25, 0.3) is 0 Å². The zero-order chi connectivity index (χ0) is 13.7. The molecule has 1 aromatic carbocycles. The van der Waals surface area contributed by atoms with E-state index in [1.54, 1.807) is 12.1 Å². The average Bonchev–Trinajstić information content (AvgIpc) is 2.59. The first-order valence-electron chi connectivity index (χ1n) is 7.21. The highest BCUT2D eigenvalue weighted by Gasteiger charge is 2.26. The van der Waals surface area contributed by atoms with E-state index in [1.165, 1.54) is 31.7 Å². The third-order valence-corrected chi connectivity index (χ3v) is 4.06. The Hall–Kier alpha value is -0.930. The summed E-state index contributed by atoms with van der Waals surface area (Å²) in [6, 6.07) is 4.82. The van der Waals surface area contributed by atoms with Crippen molar-refractivity contribution in [2.24, 2.45) is 5.73 Å². The van der Waals surface area contributed by atoms with Crippen LogP contribution in [0.2, 0.25) is 0 Å². The number of nitrogens with two attached hydrogens (primary N) is 1. The standard InChI is InChI=1S/C16H24FNO/c1-13-6-7-15(17)10-14(13)11-19-12-16(18)8-4-2-3-5-9-16/h6-7,10H,2-5,8-9,11-12,18H2,1H3. The van der Waals surface area contributed by atoms with E-state index in [9.17, 15) is 4.39 Å². The van der Waals surface area contributed by atoms with Gasteiger partial charge in [-0.3, -0.25) is 0 Å². The van der Waals surface area contributed by atoms with E-state index in [-0.39, 0.29) is 11.4 Å². The van der Waals surface area contributed by atoms with Crippen molar-refractivity contribution in [2.45, 2.75) is 57.6 Å². The minimum Gasteiger partial charge on any atom is -0.375 e. The van der Waals surface area contributed by atoms with Crippen LogP contribution in [-0.2, 0) is 11.3 Å². The molecule has 2 rings (SSSR count). The van der Waals surface area contributed by atoms with Crippen LogP contribution in [-0.4, -0.2) is 12.1 Å². The second kappa shape index (κ2) is 6.49. The lowest BCUT2D eigenvalue weighted by atomic mass is 9.92. The monoisotopic (exact) mass is 265 g/mol. The highest BCUT2D eigenvalue weighted by molar-refractivity contribution is 5.25. The Balaban J connectivity index is 1.86. The van der Waals surface area contributed by atoms with Gasteiger partial charge in [-0.2, -0.15) is 0 Å². The van der Waals surface area contributed by atoms with Crippen molar-refractivity contribution in [1.29, 1.82) is 0 Å². The van der Waals surface area contributed by atoms with Gasteiger partial charge in [0.05, 0.1) is 13.2 Å². The zero-order valence-electron chi connectivity index (χ0n) is 11.8. The van der Waals surface area contributed by atoms with Gasteiger partial charge in [0.25, 0.3) is 0 Å². The Morgan fingerprint density at radius 3 is 2.58 bits per heavy atom. The quantitative estimate of drug-likeness (QED) is 0.842. The normalized spacial score (nSPS) is 19.1. The Morgan fingerprint density at radius 1 is 1.21 bits per heavy atom. The second-order valence-electron chi connectivity index (χ2n) is 5.84.